The van der Waals surface area contributed by atoms with Gasteiger partial charge in [-0.1, -0.05) is 30.3 Å². The van der Waals surface area contributed by atoms with E-state index in [1.807, 2.05) is 19.1 Å². The molecule has 0 saturated carbocycles. The standard InChI is InChI=1S/C28H34N4O3/c1-3-34-27-17-25(9-10-26(27)35-21-24-8-5-11-29-18-24)28(33)30-19-22-6-4-7-23(16-22)20-32-14-12-31(2)13-15-32/h4-11,16-18H,3,12-15,19-21H2,1-2H3,(H,30,33). The number of benzene rings is 2. The number of rotatable bonds is 10. The van der Waals surface area contributed by atoms with Gasteiger partial charge in [-0.05, 0) is 49.4 Å². The van der Waals surface area contributed by atoms with Gasteiger partial charge in [-0.15, -0.1) is 0 Å². The highest BCUT2D eigenvalue weighted by Crippen LogP contribution is 2.29. The lowest BCUT2D eigenvalue weighted by Gasteiger charge is -2.32. The van der Waals surface area contributed by atoms with Gasteiger partial charge in [0.05, 0.1) is 6.61 Å². The van der Waals surface area contributed by atoms with Gasteiger partial charge in [0.15, 0.2) is 11.5 Å². The molecule has 2 aromatic carbocycles. The molecular weight excluding hydrogens is 440 g/mol. The molecule has 1 aromatic heterocycles. The summed E-state index contributed by atoms with van der Waals surface area (Å²) in [5, 5.41) is 3.03. The van der Waals surface area contributed by atoms with Crippen LogP contribution in [0, 0.1) is 0 Å². The minimum absolute atomic E-state index is 0.144. The normalized spacial score (nSPS) is 14.5. The molecule has 0 radical (unpaired) electrons. The van der Waals surface area contributed by atoms with Crippen molar-refractivity contribution in [2.75, 3.05) is 39.8 Å². The van der Waals surface area contributed by atoms with E-state index in [0.29, 0.717) is 36.8 Å². The monoisotopic (exact) mass is 474 g/mol. The largest absolute Gasteiger partial charge is 0.490 e. The summed E-state index contributed by atoms with van der Waals surface area (Å²) in [5.41, 5.74) is 3.86. The van der Waals surface area contributed by atoms with Gasteiger partial charge >= 0.3 is 0 Å². The first-order valence-corrected chi connectivity index (χ1v) is 12.2. The third-order valence-corrected chi connectivity index (χ3v) is 6.07. The van der Waals surface area contributed by atoms with Gasteiger partial charge in [0.2, 0.25) is 0 Å². The van der Waals surface area contributed by atoms with Gasteiger partial charge in [0.1, 0.15) is 6.61 Å². The number of pyridine rings is 1. The van der Waals surface area contributed by atoms with Gasteiger partial charge < -0.3 is 19.7 Å². The molecule has 35 heavy (non-hydrogen) atoms. The fraction of sp³-hybridized carbons (Fsp3) is 0.357. The van der Waals surface area contributed by atoms with Gasteiger partial charge in [-0.25, -0.2) is 0 Å². The molecule has 0 unspecified atom stereocenters. The Morgan fingerprint density at radius 1 is 0.943 bits per heavy atom. The Morgan fingerprint density at radius 2 is 1.74 bits per heavy atom. The lowest BCUT2D eigenvalue weighted by molar-refractivity contribution is 0.0950. The summed E-state index contributed by atoms with van der Waals surface area (Å²) in [7, 11) is 2.17. The Morgan fingerprint density at radius 3 is 2.51 bits per heavy atom. The Bertz CT molecular complexity index is 1100. The number of amides is 1. The van der Waals surface area contributed by atoms with Crippen LogP contribution in [0.3, 0.4) is 0 Å². The van der Waals surface area contributed by atoms with Crippen molar-refractivity contribution < 1.29 is 14.3 Å². The smallest absolute Gasteiger partial charge is 0.251 e. The van der Waals surface area contributed by atoms with E-state index in [4.69, 9.17) is 9.47 Å². The lowest BCUT2D eigenvalue weighted by Crippen LogP contribution is -2.43. The Balaban J connectivity index is 1.34. The second-order valence-corrected chi connectivity index (χ2v) is 8.83. The molecule has 0 bridgehead atoms. The number of carbonyl (C=O) groups is 1. The van der Waals surface area contributed by atoms with Crippen molar-refractivity contribution in [3.63, 3.8) is 0 Å². The average molecular weight is 475 g/mol. The lowest BCUT2D eigenvalue weighted by atomic mass is 10.1. The van der Waals surface area contributed by atoms with E-state index < -0.39 is 0 Å². The van der Waals surface area contributed by atoms with Crippen molar-refractivity contribution in [2.24, 2.45) is 0 Å². The molecule has 1 amide bonds. The molecule has 7 nitrogen and oxygen atoms in total. The van der Waals surface area contributed by atoms with Gasteiger partial charge in [-0.2, -0.15) is 0 Å². The van der Waals surface area contributed by atoms with E-state index >= 15 is 0 Å². The van der Waals surface area contributed by atoms with Crippen LogP contribution in [0.2, 0.25) is 0 Å². The summed E-state index contributed by atoms with van der Waals surface area (Å²) in [4.78, 5) is 21.8. The first-order chi connectivity index (χ1) is 17.1. The number of hydrogen-bond donors (Lipinski definition) is 1. The Labute approximate surface area is 207 Å². The molecule has 1 saturated heterocycles. The van der Waals surface area contributed by atoms with Crippen LogP contribution in [0.4, 0.5) is 0 Å². The zero-order chi connectivity index (χ0) is 24.5. The molecule has 4 rings (SSSR count). The number of likely N-dealkylation sites (N-methyl/N-ethyl adjacent to an activating group) is 1. The van der Waals surface area contributed by atoms with Crippen molar-refractivity contribution >= 4 is 5.91 Å². The van der Waals surface area contributed by atoms with Gasteiger partial charge in [0, 0.05) is 62.8 Å². The van der Waals surface area contributed by atoms with Crippen molar-refractivity contribution in [3.05, 3.63) is 89.2 Å². The zero-order valence-corrected chi connectivity index (χ0v) is 20.6. The Kier molecular flexibility index (Phi) is 8.70. The Hall–Kier alpha value is -3.42. The van der Waals surface area contributed by atoms with Crippen LogP contribution in [0.5, 0.6) is 11.5 Å². The third kappa shape index (κ3) is 7.28. The minimum Gasteiger partial charge on any atom is -0.490 e. The molecule has 1 aliphatic rings. The molecule has 0 aliphatic carbocycles. The van der Waals surface area contributed by atoms with Crippen LogP contribution in [-0.2, 0) is 19.7 Å². The van der Waals surface area contributed by atoms with Crippen molar-refractivity contribution in [1.29, 1.82) is 0 Å². The molecule has 0 spiro atoms. The number of hydrogen-bond acceptors (Lipinski definition) is 6. The molecule has 0 atom stereocenters. The number of nitrogens with zero attached hydrogens (tertiary/aromatic N) is 3. The van der Waals surface area contributed by atoms with E-state index in [-0.39, 0.29) is 5.91 Å². The fourth-order valence-electron chi connectivity index (χ4n) is 4.07. The summed E-state index contributed by atoms with van der Waals surface area (Å²) < 4.78 is 11.7. The third-order valence-electron chi connectivity index (χ3n) is 6.07. The maximum absolute atomic E-state index is 12.9. The number of aromatic nitrogens is 1. The van der Waals surface area contributed by atoms with E-state index in [0.717, 1.165) is 43.9 Å². The summed E-state index contributed by atoms with van der Waals surface area (Å²) in [5.74, 6) is 1.01. The highest BCUT2D eigenvalue weighted by molar-refractivity contribution is 5.94. The van der Waals surface area contributed by atoms with Gasteiger partial charge in [0.25, 0.3) is 5.91 Å². The number of ether oxygens (including phenoxy) is 2. The van der Waals surface area contributed by atoms with Crippen molar-refractivity contribution in [3.8, 4) is 11.5 Å². The first kappa shape index (κ1) is 24.7. The molecular formula is C28H34N4O3. The summed E-state index contributed by atoms with van der Waals surface area (Å²) in [6.45, 7) is 8.56. The van der Waals surface area contributed by atoms with Crippen LogP contribution < -0.4 is 14.8 Å². The van der Waals surface area contributed by atoms with Crippen LogP contribution in [-0.4, -0.2) is 60.5 Å². The van der Waals surface area contributed by atoms with E-state index in [1.165, 1.54) is 5.56 Å². The zero-order valence-electron chi connectivity index (χ0n) is 20.6. The predicted octanol–water partition coefficient (Wildman–Crippen LogP) is 3.74. The highest BCUT2D eigenvalue weighted by atomic mass is 16.5. The van der Waals surface area contributed by atoms with Crippen molar-refractivity contribution in [1.82, 2.24) is 20.1 Å². The summed E-state index contributed by atoms with van der Waals surface area (Å²) >= 11 is 0. The molecule has 2 heterocycles. The van der Waals surface area contributed by atoms with Crippen LogP contribution in [0.15, 0.2) is 67.0 Å². The number of nitrogens with one attached hydrogen (secondary N) is 1. The average Bonchev–Trinajstić information content (AvgIpc) is 2.89. The maximum Gasteiger partial charge on any atom is 0.251 e. The second-order valence-electron chi connectivity index (χ2n) is 8.83. The first-order valence-electron chi connectivity index (χ1n) is 12.2. The van der Waals surface area contributed by atoms with Crippen molar-refractivity contribution in [2.45, 2.75) is 26.6 Å². The topological polar surface area (TPSA) is 66.9 Å². The molecule has 1 fully saturated rings. The molecule has 1 N–H and O–H groups in total. The van der Waals surface area contributed by atoms with Crippen LogP contribution in [0.25, 0.3) is 0 Å². The molecule has 184 valence electrons. The van der Waals surface area contributed by atoms with E-state index in [2.05, 4.69) is 51.4 Å². The molecule has 1 aliphatic heterocycles. The van der Waals surface area contributed by atoms with E-state index in [1.54, 1.807) is 30.6 Å². The predicted molar refractivity (Wildman–Crippen MR) is 137 cm³/mol. The highest BCUT2D eigenvalue weighted by Gasteiger charge is 2.15. The second kappa shape index (κ2) is 12.3. The number of piperazine rings is 1. The minimum atomic E-state index is -0.144. The van der Waals surface area contributed by atoms with Crippen LogP contribution in [0.1, 0.15) is 34.0 Å². The number of carbonyl (C=O) groups excluding carboxylic acids is 1. The quantitative estimate of drug-likeness (QED) is 0.483. The summed E-state index contributed by atoms with van der Waals surface area (Å²) in [6.07, 6.45) is 3.49. The summed E-state index contributed by atoms with van der Waals surface area (Å²) in [6, 6.07) is 17.6. The molecule has 7 heteroatoms. The van der Waals surface area contributed by atoms with E-state index in [9.17, 15) is 4.79 Å². The molecule has 3 aromatic rings. The maximum atomic E-state index is 12.9. The van der Waals surface area contributed by atoms with Crippen LogP contribution >= 0.6 is 0 Å². The van der Waals surface area contributed by atoms with Gasteiger partial charge in [-0.3, -0.25) is 14.7 Å². The SMILES string of the molecule is CCOc1cc(C(=O)NCc2cccc(CN3CCN(C)CC3)c2)ccc1OCc1cccnc1. The fourth-order valence-corrected chi connectivity index (χ4v) is 4.07.